The Morgan fingerprint density at radius 2 is 1.63 bits per heavy atom. The van der Waals surface area contributed by atoms with Gasteiger partial charge in [-0.05, 0) is 18.2 Å². The number of para-hydroxylation sites is 2. The van der Waals surface area contributed by atoms with E-state index in [-0.39, 0.29) is 30.0 Å². The molecule has 35 heavy (non-hydrogen) atoms. The van der Waals surface area contributed by atoms with Gasteiger partial charge in [-0.3, -0.25) is 24.2 Å². The molecule has 8 nitrogen and oxygen atoms in total. The number of rotatable bonds is 6. The van der Waals surface area contributed by atoms with E-state index in [1.165, 1.54) is 30.9 Å². The zero-order valence-corrected chi connectivity index (χ0v) is 20.0. The number of methoxy groups -OCH3 is 2. The first-order valence-corrected chi connectivity index (χ1v) is 11.9. The number of nitrogens with one attached hydrogen (secondary N) is 1. The van der Waals surface area contributed by atoms with Crippen molar-refractivity contribution in [3.05, 3.63) is 78.4 Å². The molecule has 0 bridgehead atoms. The van der Waals surface area contributed by atoms with Gasteiger partial charge in [0.25, 0.3) is 5.91 Å². The van der Waals surface area contributed by atoms with Crippen LogP contribution < -0.4 is 24.6 Å². The molecule has 2 heterocycles. The molecule has 0 aliphatic carbocycles. The molecule has 1 fully saturated rings. The Kier molecular flexibility index (Phi) is 5.86. The monoisotopic (exact) mass is 489 g/mol. The Labute approximate surface area is 206 Å². The molecule has 0 saturated carbocycles. The summed E-state index contributed by atoms with van der Waals surface area (Å²) >= 11 is 1.28. The number of amides is 3. The fourth-order valence-electron chi connectivity index (χ4n) is 4.51. The summed E-state index contributed by atoms with van der Waals surface area (Å²) in [6.07, 6.45) is 0. The molecule has 3 amide bonds. The maximum atomic E-state index is 14.0. The lowest BCUT2D eigenvalue weighted by Gasteiger charge is -2.33. The van der Waals surface area contributed by atoms with Crippen LogP contribution in [-0.2, 0) is 19.3 Å². The van der Waals surface area contributed by atoms with E-state index in [1.54, 1.807) is 29.2 Å². The molecule has 1 atom stereocenters. The van der Waals surface area contributed by atoms with Crippen LogP contribution >= 0.6 is 11.8 Å². The fraction of sp³-hybridized carbons (Fsp3) is 0.192. The third-order valence-corrected chi connectivity index (χ3v) is 7.40. The molecule has 1 saturated heterocycles. The third kappa shape index (κ3) is 3.77. The van der Waals surface area contributed by atoms with E-state index in [0.29, 0.717) is 34.1 Å². The largest absolute Gasteiger partial charge is 0.497 e. The SMILES string of the molecule is COc1cc(NC(=O)CN2C(=O)C3(SCC(=O)N3c3ccccc3)c3ccccc32)cc(OC)c1. The van der Waals surface area contributed by atoms with Crippen molar-refractivity contribution in [3.8, 4) is 11.5 Å². The van der Waals surface area contributed by atoms with Crippen LogP contribution in [0, 0.1) is 0 Å². The number of benzene rings is 3. The second kappa shape index (κ2) is 8.99. The van der Waals surface area contributed by atoms with Gasteiger partial charge in [-0.2, -0.15) is 0 Å². The van der Waals surface area contributed by atoms with E-state index in [2.05, 4.69) is 5.32 Å². The lowest BCUT2D eigenvalue weighted by Crippen LogP contribution is -2.50. The Hall–Kier alpha value is -3.98. The summed E-state index contributed by atoms with van der Waals surface area (Å²) in [6, 6.07) is 21.5. The Balaban J connectivity index is 1.48. The summed E-state index contributed by atoms with van der Waals surface area (Å²) < 4.78 is 10.5. The summed E-state index contributed by atoms with van der Waals surface area (Å²) in [6.45, 7) is -0.214. The maximum absolute atomic E-state index is 14.0. The zero-order valence-electron chi connectivity index (χ0n) is 19.2. The molecule has 3 aromatic rings. The Morgan fingerprint density at radius 3 is 2.31 bits per heavy atom. The molecule has 2 aliphatic heterocycles. The van der Waals surface area contributed by atoms with Crippen molar-refractivity contribution in [1.82, 2.24) is 0 Å². The maximum Gasteiger partial charge on any atom is 0.269 e. The average molecular weight is 490 g/mol. The van der Waals surface area contributed by atoms with Gasteiger partial charge in [-0.25, -0.2) is 0 Å². The van der Waals surface area contributed by atoms with E-state index >= 15 is 0 Å². The molecule has 3 aromatic carbocycles. The number of hydrogen-bond acceptors (Lipinski definition) is 6. The van der Waals surface area contributed by atoms with Gasteiger partial charge in [-0.1, -0.05) is 36.4 Å². The van der Waals surface area contributed by atoms with E-state index in [1.807, 2.05) is 48.5 Å². The normalized spacial score (nSPS) is 18.7. The molecule has 0 radical (unpaired) electrons. The van der Waals surface area contributed by atoms with Gasteiger partial charge < -0.3 is 14.8 Å². The van der Waals surface area contributed by atoms with Crippen LogP contribution in [0.15, 0.2) is 72.8 Å². The van der Waals surface area contributed by atoms with E-state index in [9.17, 15) is 14.4 Å². The van der Waals surface area contributed by atoms with Gasteiger partial charge >= 0.3 is 0 Å². The van der Waals surface area contributed by atoms with Crippen LogP contribution in [0.25, 0.3) is 0 Å². The quantitative estimate of drug-likeness (QED) is 0.569. The molecule has 2 aliphatic rings. The minimum Gasteiger partial charge on any atom is -0.497 e. The number of thioether (sulfide) groups is 1. The van der Waals surface area contributed by atoms with Crippen LogP contribution in [0.4, 0.5) is 17.1 Å². The van der Waals surface area contributed by atoms with Gasteiger partial charge in [0.2, 0.25) is 16.7 Å². The Morgan fingerprint density at radius 1 is 0.971 bits per heavy atom. The van der Waals surface area contributed by atoms with Crippen LogP contribution in [0.5, 0.6) is 11.5 Å². The molecule has 178 valence electrons. The topological polar surface area (TPSA) is 88.2 Å². The zero-order chi connectivity index (χ0) is 24.6. The van der Waals surface area contributed by atoms with Crippen LogP contribution in [-0.4, -0.2) is 44.2 Å². The fourth-order valence-corrected chi connectivity index (χ4v) is 5.87. The molecule has 1 N–H and O–H groups in total. The second-order valence-electron chi connectivity index (χ2n) is 8.06. The molecule has 1 spiro atoms. The lowest BCUT2D eigenvalue weighted by atomic mass is 10.0. The van der Waals surface area contributed by atoms with Crippen molar-refractivity contribution in [3.63, 3.8) is 0 Å². The van der Waals surface area contributed by atoms with Crippen LogP contribution in [0.2, 0.25) is 0 Å². The van der Waals surface area contributed by atoms with Gasteiger partial charge in [0.1, 0.15) is 18.0 Å². The van der Waals surface area contributed by atoms with Gasteiger partial charge in [0, 0.05) is 35.1 Å². The summed E-state index contributed by atoms with van der Waals surface area (Å²) in [5.41, 5.74) is 2.43. The standard InChI is InChI=1S/C26H23N3O5S/c1-33-19-12-17(13-20(14-19)34-2)27-23(30)15-28-22-11-7-6-10-21(22)26(25(28)32)29(24(31)16-35-26)18-8-4-3-5-9-18/h3-14H,15-16H2,1-2H3,(H,27,30). The van der Waals surface area contributed by atoms with Crippen molar-refractivity contribution >= 4 is 46.5 Å². The van der Waals surface area contributed by atoms with Crippen molar-refractivity contribution in [2.75, 3.05) is 41.6 Å². The minimum absolute atomic E-state index is 0.154. The highest BCUT2D eigenvalue weighted by Gasteiger charge is 2.61. The molecule has 0 aromatic heterocycles. The Bertz CT molecular complexity index is 1290. The van der Waals surface area contributed by atoms with Crippen molar-refractivity contribution in [1.29, 1.82) is 0 Å². The minimum atomic E-state index is -1.26. The number of ether oxygens (including phenoxy) is 2. The summed E-state index contributed by atoms with van der Waals surface area (Å²) in [5.74, 6) is 0.358. The highest BCUT2D eigenvalue weighted by atomic mass is 32.2. The number of nitrogens with zero attached hydrogens (tertiary/aromatic N) is 2. The summed E-state index contributed by atoms with van der Waals surface area (Å²) in [4.78, 5) is 41.8. The van der Waals surface area contributed by atoms with Crippen molar-refractivity contribution in [2.24, 2.45) is 0 Å². The van der Waals surface area contributed by atoms with Crippen LogP contribution in [0.3, 0.4) is 0 Å². The van der Waals surface area contributed by atoms with Crippen LogP contribution in [0.1, 0.15) is 5.56 Å². The first-order chi connectivity index (χ1) is 17.0. The third-order valence-electron chi connectivity index (χ3n) is 6.02. The van der Waals surface area contributed by atoms with Crippen molar-refractivity contribution < 1.29 is 23.9 Å². The van der Waals surface area contributed by atoms with E-state index < -0.39 is 4.87 Å². The first-order valence-electron chi connectivity index (χ1n) is 10.9. The lowest BCUT2D eigenvalue weighted by molar-refractivity contribution is -0.124. The molecular weight excluding hydrogens is 466 g/mol. The average Bonchev–Trinajstić information content (AvgIpc) is 3.35. The van der Waals surface area contributed by atoms with E-state index in [0.717, 1.165) is 0 Å². The molecular formula is C26H23N3O5S. The molecule has 5 rings (SSSR count). The van der Waals surface area contributed by atoms with E-state index in [4.69, 9.17) is 9.47 Å². The highest BCUT2D eigenvalue weighted by molar-refractivity contribution is 8.02. The number of fused-ring (bicyclic) bond motifs is 2. The van der Waals surface area contributed by atoms with Gasteiger partial charge in [0.15, 0.2) is 0 Å². The predicted octanol–water partition coefficient (Wildman–Crippen LogP) is 3.62. The number of carbonyl (C=O) groups is 3. The molecule has 1 unspecified atom stereocenters. The second-order valence-corrected chi connectivity index (χ2v) is 9.22. The smallest absolute Gasteiger partial charge is 0.269 e. The van der Waals surface area contributed by atoms with Gasteiger partial charge in [0.05, 0.1) is 25.7 Å². The summed E-state index contributed by atoms with van der Waals surface area (Å²) in [5, 5.41) is 2.82. The number of anilines is 3. The predicted molar refractivity (Wildman–Crippen MR) is 135 cm³/mol. The number of carbonyl (C=O) groups excluding carboxylic acids is 3. The summed E-state index contributed by atoms with van der Waals surface area (Å²) in [7, 11) is 3.05. The first kappa shape index (κ1) is 22.8. The highest BCUT2D eigenvalue weighted by Crippen LogP contribution is 2.55. The number of hydrogen-bond donors (Lipinski definition) is 1. The molecule has 9 heteroatoms. The van der Waals surface area contributed by atoms with Gasteiger partial charge in [-0.15, -0.1) is 11.8 Å². The van der Waals surface area contributed by atoms with Crippen molar-refractivity contribution in [2.45, 2.75) is 4.87 Å².